The number of hydrogen-bond acceptors (Lipinski definition) is 5. The fourth-order valence-corrected chi connectivity index (χ4v) is 3.70. The lowest BCUT2D eigenvalue weighted by Crippen LogP contribution is -2.10. The van der Waals surface area contributed by atoms with Gasteiger partial charge in [-0.1, -0.05) is 50.6 Å². The van der Waals surface area contributed by atoms with Gasteiger partial charge in [-0.05, 0) is 54.3 Å². The molecule has 4 aromatic rings. The molecular weight excluding hydrogens is 420 g/mol. The zero-order valence-corrected chi connectivity index (χ0v) is 19.6. The number of nitrogens with zero attached hydrogens (tertiary/aromatic N) is 3. The van der Waals surface area contributed by atoms with Gasteiger partial charge in [-0.2, -0.15) is 0 Å². The van der Waals surface area contributed by atoms with Crippen LogP contribution in [0.1, 0.15) is 39.1 Å². The maximum Gasteiger partial charge on any atom is 0.157 e. The Labute approximate surface area is 193 Å². The highest BCUT2D eigenvalue weighted by Gasteiger charge is 2.14. The number of aromatic nitrogens is 3. The first-order valence-electron chi connectivity index (χ1n) is 10.7. The largest absolute Gasteiger partial charge is 0.374 e. The molecular formula is C26H27ClN4O. The van der Waals surface area contributed by atoms with Gasteiger partial charge in [-0.25, -0.2) is 9.97 Å². The highest BCUT2D eigenvalue weighted by Crippen LogP contribution is 2.31. The first-order chi connectivity index (χ1) is 15.3. The van der Waals surface area contributed by atoms with Crippen molar-refractivity contribution in [2.45, 2.75) is 39.7 Å². The number of fused-ring (bicyclic) bond motifs is 1. The lowest BCUT2D eigenvalue weighted by molar-refractivity contribution is 0.128. The Bertz CT molecular complexity index is 1230. The minimum atomic E-state index is 0.105. The number of rotatable bonds is 6. The van der Waals surface area contributed by atoms with Crippen LogP contribution in [0, 0.1) is 0 Å². The van der Waals surface area contributed by atoms with Crippen LogP contribution in [-0.2, 0) is 16.8 Å². The maximum atomic E-state index is 6.37. The first-order valence-corrected chi connectivity index (χ1v) is 11.1. The summed E-state index contributed by atoms with van der Waals surface area (Å²) in [6.45, 7) is 9.52. The average molecular weight is 447 g/mol. The van der Waals surface area contributed by atoms with E-state index in [4.69, 9.17) is 26.3 Å². The molecule has 2 heterocycles. The summed E-state index contributed by atoms with van der Waals surface area (Å²) in [5.41, 5.74) is 4.80. The Morgan fingerprint density at radius 1 is 1.00 bits per heavy atom. The quantitative estimate of drug-likeness (QED) is 0.348. The van der Waals surface area contributed by atoms with Gasteiger partial charge in [0.15, 0.2) is 5.82 Å². The van der Waals surface area contributed by atoms with Crippen molar-refractivity contribution in [3.63, 3.8) is 0 Å². The molecule has 0 bridgehead atoms. The fourth-order valence-electron chi connectivity index (χ4n) is 3.47. The summed E-state index contributed by atoms with van der Waals surface area (Å²) in [6.07, 6.45) is 1.74. The van der Waals surface area contributed by atoms with Crippen molar-refractivity contribution in [3.05, 3.63) is 77.2 Å². The SMILES string of the molecule is CCOCc1nc(Nc2ccc(C(C)(C)C)cc2)c2ccc(-c3ncccc3Cl)cc2n1. The van der Waals surface area contributed by atoms with Gasteiger partial charge < -0.3 is 10.1 Å². The number of halogens is 1. The monoisotopic (exact) mass is 446 g/mol. The zero-order valence-electron chi connectivity index (χ0n) is 18.8. The Kier molecular flexibility index (Phi) is 6.40. The molecule has 0 aliphatic carbocycles. The molecule has 0 saturated carbocycles. The number of pyridine rings is 1. The van der Waals surface area contributed by atoms with Gasteiger partial charge in [0.25, 0.3) is 0 Å². The van der Waals surface area contributed by atoms with Crippen molar-refractivity contribution in [1.29, 1.82) is 0 Å². The normalized spacial score (nSPS) is 11.7. The molecule has 0 spiro atoms. The molecule has 0 radical (unpaired) electrons. The molecule has 5 nitrogen and oxygen atoms in total. The van der Waals surface area contributed by atoms with E-state index in [2.05, 4.69) is 55.3 Å². The third kappa shape index (κ3) is 4.90. The number of anilines is 2. The summed E-state index contributed by atoms with van der Waals surface area (Å²) >= 11 is 6.37. The summed E-state index contributed by atoms with van der Waals surface area (Å²) in [5.74, 6) is 1.37. The second-order valence-corrected chi connectivity index (χ2v) is 9.05. The van der Waals surface area contributed by atoms with E-state index in [0.29, 0.717) is 24.1 Å². The summed E-state index contributed by atoms with van der Waals surface area (Å²) in [4.78, 5) is 13.9. The number of benzene rings is 2. The lowest BCUT2D eigenvalue weighted by atomic mass is 9.87. The standard InChI is InChI=1S/C26H27ClN4O/c1-5-32-16-23-30-22-15-17(24-21(27)7-6-14-28-24)8-13-20(22)25(31-23)29-19-11-9-18(10-12-19)26(2,3)4/h6-15H,5,16H2,1-4H3,(H,29,30,31). The van der Waals surface area contributed by atoms with Crippen LogP contribution in [-0.4, -0.2) is 21.6 Å². The summed E-state index contributed by atoms with van der Waals surface area (Å²) in [6, 6.07) is 18.1. The minimum Gasteiger partial charge on any atom is -0.374 e. The van der Waals surface area contributed by atoms with Gasteiger partial charge in [0.05, 0.1) is 16.2 Å². The van der Waals surface area contributed by atoms with Crippen molar-refractivity contribution < 1.29 is 4.74 Å². The highest BCUT2D eigenvalue weighted by molar-refractivity contribution is 6.33. The van der Waals surface area contributed by atoms with Crippen molar-refractivity contribution in [3.8, 4) is 11.3 Å². The number of ether oxygens (including phenoxy) is 1. The molecule has 0 aliphatic heterocycles. The molecule has 0 aliphatic rings. The molecule has 1 N–H and O–H groups in total. The fraction of sp³-hybridized carbons (Fsp3) is 0.269. The third-order valence-electron chi connectivity index (χ3n) is 5.22. The Balaban J connectivity index is 1.75. The Morgan fingerprint density at radius 3 is 2.47 bits per heavy atom. The molecule has 0 atom stereocenters. The lowest BCUT2D eigenvalue weighted by Gasteiger charge is -2.19. The summed E-state index contributed by atoms with van der Waals surface area (Å²) in [7, 11) is 0. The van der Waals surface area contributed by atoms with Gasteiger partial charge in [0.1, 0.15) is 12.4 Å². The van der Waals surface area contributed by atoms with Crippen LogP contribution >= 0.6 is 11.6 Å². The second kappa shape index (κ2) is 9.23. The summed E-state index contributed by atoms with van der Waals surface area (Å²) in [5, 5.41) is 4.99. The van der Waals surface area contributed by atoms with Crippen LogP contribution in [0.2, 0.25) is 5.02 Å². The van der Waals surface area contributed by atoms with Gasteiger partial charge in [0.2, 0.25) is 0 Å². The Morgan fingerprint density at radius 2 is 1.78 bits per heavy atom. The van der Waals surface area contributed by atoms with Crippen LogP contribution in [0.4, 0.5) is 11.5 Å². The van der Waals surface area contributed by atoms with Crippen LogP contribution in [0.5, 0.6) is 0 Å². The molecule has 2 aromatic carbocycles. The second-order valence-electron chi connectivity index (χ2n) is 8.64. The van der Waals surface area contributed by atoms with Gasteiger partial charge in [-0.15, -0.1) is 0 Å². The molecule has 0 unspecified atom stereocenters. The van der Waals surface area contributed by atoms with Crippen molar-refractivity contribution >= 4 is 34.0 Å². The smallest absolute Gasteiger partial charge is 0.157 e. The van der Waals surface area contributed by atoms with Crippen LogP contribution in [0.25, 0.3) is 22.2 Å². The summed E-state index contributed by atoms with van der Waals surface area (Å²) < 4.78 is 5.57. The van der Waals surface area contributed by atoms with Crippen molar-refractivity contribution in [1.82, 2.24) is 15.0 Å². The number of nitrogens with one attached hydrogen (secondary N) is 1. The predicted molar refractivity (Wildman–Crippen MR) is 132 cm³/mol. The van der Waals surface area contributed by atoms with Gasteiger partial charge in [0, 0.05) is 29.4 Å². The van der Waals surface area contributed by atoms with E-state index in [1.54, 1.807) is 6.20 Å². The number of hydrogen-bond donors (Lipinski definition) is 1. The maximum absolute atomic E-state index is 6.37. The average Bonchev–Trinajstić information content (AvgIpc) is 2.77. The molecule has 2 aromatic heterocycles. The van der Waals surface area contributed by atoms with E-state index >= 15 is 0 Å². The van der Waals surface area contributed by atoms with E-state index in [1.807, 2.05) is 37.3 Å². The molecule has 6 heteroatoms. The van der Waals surface area contributed by atoms with Crippen molar-refractivity contribution in [2.75, 3.05) is 11.9 Å². The molecule has 164 valence electrons. The molecule has 32 heavy (non-hydrogen) atoms. The first kappa shape index (κ1) is 22.2. The molecule has 0 fully saturated rings. The predicted octanol–water partition coefficient (Wildman–Crippen LogP) is 6.92. The van der Waals surface area contributed by atoms with Crippen LogP contribution in [0.15, 0.2) is 60.8 Å². The van der Waals surface area contributed by atoms with E-state index < -0.39 is 0 Å². The van der Waals surface area contributed by atoms with Gasteiger partial charge in [-0.3, -0.25) is 4.98 Å². The van der Waals surface area contributed by atoms with Crippen LogP contribution < -0.4 is 5.32 Å². The van der Waals surface area contributed by atoms with E-state index in [-0.39, 0.29) is 5.41 Å². The molecule has 0 saturated heterocycles. The third-order valence-corrected chi connectivity index (χ3v) is 5.53. The van der Waals surface area contributed by atoms with Gasteiger partial charge >= 0.3 is 0 Å². The van der Waals surface area contributed by atoms with E-state index in [1.165, 1.54) is 5.56 Å². The highest BCUT2D eigenvalue weighted by atomic mass is 35.5. The topological polar surface area (TPSA) is 59.9 Å². The zero-order chi connectivity index (χ0) is 22.7. The minimum absolute atomic E-state index is 0.105. The molecule has 4 rings (SSSR count). The van der Waals surface area contributed by atoms with Crippen molar-refractivity contribution in [2.24, 2.45) is 0 Å². The molecule has 0 amide bonds. The van der Waals surface area contributed by atoms with Crippen LogP contribution in [0.3, 0.4) is 0 Å². The van der Waals surface area contributed by atoms with E-state index in [9.17, 15) is 0 Å². The Hall–Kier alpha value is -3.02. The van der Waals surface area contributed by atoms with E-state index in [0.717, 1.165) is 33.7 Å².